The lowest BCUT2D eigenvalue weighted by Gasteiger charge is -2.24. The van der Waals surface area contributed by atoms with Crippen molar-refractivity contribution in [2.75, 3.05) is 38.2 Å². The van der Waals surface area contributed by atoms with Crippen LogP contribution in [0.3, 0.4) is 0 Å². The van der Waals surface area contributed by atoms with Crippen LogP contribution in [0.15, 0.2) is 85.3 Å². The fourth-order valence-corrected chi connectivity index (χ4v) is 5.83. The van der Waals surface area contributed by atoms with Gasteiger partial charge in [-0.2, -0.15) is 5.10 Å². The number of fused-ring (bicyclic) bond motifs is 3. The van der Waals surface area contributed by atoms with E-state index in [1.807, 2.05) is 53.2 Å². The van der Waals surface area contributed by atoms with Crippen molar-refractivity contribution < 1.29 is 18.7 Å². The van der Waals surface area contributed by atoms with Gasteiger partial charge in [-0.15, -0.1) is 0 Å². The van der Waals surface area contributed by atoms with E-state index in [0.717, 1.165) is 51.7 Å². The minimum absolute atomic E-state index is 0.0375. The summed E-state index contributed by atoms with van der Waals surface area (Å²) in [6.45, 7) is 4.13. The number of ketones is 1. The Balaban J connectivity index is 1.02. The van der Waals surface area contributed by atoms with Gasteiger partial charge in [-0.05, 0) is 59.7 Å². The number of halogens is 1. The van der Waals surface area contributed by atoms with Crippen molar-refractivity contribution in [1.29, 1.82) is 0 Å². The third kappa shape index (κ3) is 6.17. The standard InChI is InChI=1S/C33H31FN6O3/c34-25-4-1-3-23(13-25)18-40-30-9-7-26(16-24(30)17-37-40)38-33-28-15-22(6-8-29(28)35-21-36-33)14-27(41)5-2-10-39-19-31-32(20-39)43-12-11-42-31/h1-9,13,15-17,21,31-32H,10-12,14,18-20H2,(H,35,36,38)/b5-2+/t31-,32+. The number of likely N-dealkylation sites (tertiary alicyclic amines) is 1. The van der Waals surface area contributed by atoms with E-state index in [2.05, 4.69) is 25.3 Å². The smallest absolute Gasteiger partial charge is 0.159 e. The van der Waals surface area contributed by atoms with Crippen LogP contribution in [-0.4, -0.2) is 75.5 Å². The minimum atomic E-state index is -0.261. The summed E-state index contributed by atoms with van der Waals surface area (Å²) in [6.07, 6.45) is 7.46. The van der Waals surface area contributed by atoms with E-state index in [9.17, 15) is 9.18 Å². The van der Waals surface area contributed by atoms with Gasteiger partial charge in [0.15, 0.2) is 5.78 Å². The average molecular weight is 579 g/mol. The first-order valence-corrected chi connectivity index (χ1v) is 14.4. The number of hydrogen-bond acceptors (Lipinski definition) is 8. The number of anilines is 2. The van der Waals surface area contributed by atoms with Gasteiger partial charge < -0.3 is 14.8 Å². The number of carbonyl (C=O) groups excluding carboxylic acids is 1. The highest BCUT2D eigenvalue weighted by Gasteiger charge is 2.35. The zero-order valence-corrected chi connectivity index (χ0v) is 23.5. The van der Waals surface area contributed by atoms with Gasteiger partial charge in [0.25, 0.3) is 0 Å². The lowest BCUT2D eigenvalue weighted by atomic mass is 10.1. The number of nitrogens with zero attached hydrogens (tertiary/aromatic N) is 5. The highest BCUT2D eigenvalue weighted by Crippen LogP contribution is 2.27. The summed E-state index contributed by atoms with van der Waals surface area (Å²) in [7, 11) is 0. The summed E-state index contributed by atoms with van der Waals surface area (Å²) in [4.78, 5) is 23.9. The molecule has 0 amide bonds. The topological polar surface area (TPSA) is 94.4 Å². The summed E-state index contributed by atoms with van der Waals surface area (Å²) >= 11 is 0. The van der Waals surface area contributed by atoms with Gasteiger partial charge in [0, 0.05) is 42.5 Å². The van der Waals surface area contributed by atoms with Gasteiger partial charge in [0.2, 0.25) is 0 Å². The van der Waals surface area contributed by atoms with E-state index in [1.165, 1.54) is 18.5 Å². The van der Waals surface area contributed by atoms with Gasteiger partial charge in [-0.3, -0.25) is 14.4 Å². The molecule has 9 nitrogen and oxygen atoms in total. The molecule has 0 unspecified atom stereocenters. The number of aromatic nitrogens is 4. The fraction of sp³-hybridized carbons (Fsp3) is 0.273. The summed E-state index contributed by atoms with van der Waals surface area (Å²) < 4.78 is 27.0. The van der Waals surface area contributed by atoms with Crippen LogP contribution < -0.4 is 5.32 Å². The molecule has 1 N–H and O–H groups in total. The van der Waals surface area contributed by atoms with Crippen molar-refractivity contribution in [3.63, 3.8) is 0 Å². The van der Waals surface area contributed by atoms with Gasteiger partial charge in [-0.25, -0.2) is 14.4 Å². The molecule has 2 aliphatic heterocycles. The molecule has 0 aliphatic carbocycles. The third-order valence-electron chi connectivity index (χ3n) is 7.91. The van der Waals surface area contributed by atoms with E-state index >= 15 is 0 Å². The number of allylic oxidation sites excluding steroid dienone is 1. The van der Waals surface area contributed by atoms with E-state index in [-0.39, 0.29) is 30.2 Å². The summed E-state index contributed by atoms with van der Waals surface area (Å²) in [5.74, 6) is 0.430. The Labute approximate surface area is 247 Å². The molecule has 2 atom stereocenters. The Hall–Kier alpha value is -4.51. The molecular formula is C33H31FN6O3. The molecule has 3 aromatic carbocycles. The van der Waals surface area contributed by atoms with Crippen LogP contribution >= 0.6 is 0 Å². The molecule has 218 valence electrons. The van der Waals surface area contributed by atoms with E-state index in [4.69, 9.17) is 9.47 Å². The average Bonchev–Trinajstić information content (AvgIpc) is 3.61. The van der Waals surface area contributed by atoms with Crippen LogP contribution in [0.25, 0.3) is 21.8 Å². The zero-order chi connectivity index (χ0) is 29.2. The maximum absolute atomic E-state index is 13.6. The number of nitrogens with one attached hydrogen (secondary N) is 1. The molecule has 7 rings (SSSR count). The molecule has 43 heavy (non-hydrogen) atoms. The number of hydrogen-bond donors (Lipinski definition) is 1. The molecule has 2 fully saturated rings. The van der Waals surface area contributed by atoms with E-state index in [1.54, 1.807) is 18.3 Å². The molecule has 2 aliphatic rings. The van der Waals surface area contributed by atoms with Crippen LogP contribution in [-0.2, 0) is 27.2 Å². The summed E-state index contributed by atoms with van der Waals surface area (Å²) in [6, 6.07) is 18.3. The quantitative estimate of drug-likeness (QED) is 0.252. The maximum Gasteiger partial charge on any atom is 0.159 e. The number of rotatable bonds is 9. The third-order valence-corrected chi connectivity index (χ3v) is 7.91. The predicted molar refractivity (Wildman–Crippen MR) is 162 cm³/mol. The van der Waals surface area contributed by atoms with Gasteiger partial charge >= 0.3 is 0 Å². The molecule has 5 aromatic rings. The first-order valence-electron chi connectivity index (χ1n) is 14.4. The summed E-state index contributed by atoms with van der Waals surface area (Å²) in [5.41, 5.74) is 4.32. The highest BCUT2D eigenvalue weighted by atomic mass is 19.1. The lowest BCUT2D eigenvalue weighted by molar-refractivity contribution is -0.116. The molecule has 2 saturated heterocycles. The molecule has 10 heteroatoms. The largest absolute Gasteiger partial charge is 0.372 e. The Morgan fingerprint density at radius 3 is 2.70 bits per heavy atom. The monoisotopic (exact) mass is 578 g/mol. The second kappa shape index (κ2) is 12.0. The first-order chi connectivity index (χ1) is 21.1. The van der Waals surface area contributed by atoms with Crippen LogP contribution in [0.5, 0.6) is 0 Å². The van der Waals surface area contributed by atoms with Crippen LogP contribution in [0.2, 0.25) is 0 Å². The molecule has 0 saturated carbocycles. The van der Waals surface area contributed by atoms with Crippen LogP contribution in [0.1, 0.15) is 11.1 Å². The predicted octanol–water partition coefficient (Wildman–Crippen LogP) is 4.68. The maximum atomic E-state index is 13.6. The van der Waals surface area contributed by atoms with Crippen molar-refractivity contribution in [2.45, 2.75) is 25.2 Å². The molecule has 2 aromatic heterocycles. The Morgan fingerprint density at radius 1 is 1.00 bits per heavy atom. The Kier molecular flexibility index (Phi) is 7.63. The molecule has 4 heterocycles. The minimum Gasteiger partial charge on any atom is -0.372 e. The van der Waals surface area contributed by atoms with Gasteiger partial charge in [0.05, 0.1) is 49.2 Å². The number of carbonyl (C=O) groups is 1. The molecule has 0 radical (unpaired) electrons. The lowest BCUT2D eigenvalue weighted by Crippen LogP contribution is -2.36. The SMILES string of the molecule is O=C(/C=C/CN1C[C@@H]2OCCO[C@@H]2C1)Cc1ccc2ncnc(Nc3ccc4c(cnn4Cc4cccc(F)c4)c3)c2c1. The zero-order valence-electron chi connectivity index (χ0n) is 23.5. The van der Waals surface area contributed by atoms with Crippen molar-refractivity contribution >= 4 is 39.1 Å². The number of benzene rings is 3. The second-order valence-electron chi connectivity index (χ2n) is 11.0. The summed E-state index contributed by atoms with van der Waals surface area (Å²) in [5, 5.41) is 9.70. The van der Waals surface area contributed by atoms with E-state index in [0.29, 0.717) is 32.1 Å². The molecular weight excluding hydrogens is 547 g/mol. The van der Waals surface area contributed by atoms with Crippen molar-refractivity contribution in [3.8, 4) is 0 Å². The van der Waals surface area contributed by atoms with Gasteiger partial charge in [-0.1, -0.05) is 24.3 Å². The van der Waals surface area contributed by atoms with Crippen LogP contribution in [0, 0.1) is 5.82 Å². The second-order valence-corrected chi connectivity index (χ2v) is 11.0. The molecule has 0 spiro atoms. The van der Waals surface area contributed by atoms with Crippen molar-refractivity contribution in [3.05, 3.63) is 102 Å². The van der Waals surface area contributed by atoms with Crippen molar-refractivity contribution in [1.82, 2.24) is 24.6 Å². The van der Waals surface area contributed by atoms with Crippen LogP contribution in [0.4, 0.5) is 15.9 Å². The van der Waals surface area contributed by atoms with Crippen molar-refractivity contribution in [2.24, 2.45) is 0 Å². The van der Waals surface area contributed by atoms with E-state index < -0.39 is 0 Å². The van der Waals surface area contributed by atoms with Gasteiger partial charge in [0.1, 0.15) is 18.0 Å². The highest BCUT2D eigenvalue weighted by molar-refractivity contribution is 5.95. The number of ether oxygens (including phenoxy) is 2. The fourth-order valence-electron chi connectivity index (χ4n) is 5.83. The Morgan fingerprint density at radius 2 is 1.86 bits per heavy atom. The Bertz CT molecular complexity index is 1810. The normalized spacial score (nSPS) is 18.9. The first kappa shape index (κ1) is 27.3. The molecule has 0 bridgehead atoms.